The molecule has 0 amide bonds. The Balaban J connectivity index is 2.09. The van der Waals surface area contributed by atoms with Crippen molar-refractivity contribution in [1.29, 1.82) is 0 Å². The Labute approximate surface area is 87.1 Å². The fraction of sp³-hybridized carbons (Fsp3) is 1.00. The van der Waals surface area contributed by atoms with Crippen molar-refractivity contribution in [1.82, 2.24) is 5.32 Å². The molecule has 0 aromatic rings. The van der Waals surface area contributed by atoms with Gasteiger partial charge in [-0.1, -0.05) is 33.1 Å². The van der Waals surface area contributed by atoms with E-state index in [4.69, 9.17) is 0 Å². The van der Waals surface area contributed by atoms with Crippen LogP contribution >= 0.6 is 11.8 Å². The van der Waals surface area contributed by atoms with Gasteiger partial charge in [-0.15, -0.1) is 0 Å². The first-order chi connectivity index (χ1) is 6.22. The zero-order chi connectivity index (χ0) is 9.68. The molecule has 0 bridgehead atoms. The third-order valence-corrected chi connectivity index (χ3v) is 4.14. The molecule has 0 radical (unpaired) electrons. The van der Waals surface area contributed by atoms with Gasteiger partial charge in [0.2, 0.25) is 0 Å². The molecule has 2 heteroatoms. The van der Waals surface area contributed by atoms with Crippen molar-refractivity contribution in [3.05, 3.63) is 0 Å². The summed E-state index contributed by atoms with van der Waals surface area (Å²) in [4.78, 5) is 0. The molecule has 1 fully saturated rings. The first kappa shape index (κ1) is 11.4. The monoisotopic (exact) mass is 201 g/mol. The van der Waals surface area contributed by atoms with Gasteiger partial charge < -0.3 is 5.32 Å². The normalized spacial score (nSPS) is 20.3. The van der Waals surface area contributed by atoms with E-state index in [2.05, 4.69) is 38.0 Å². The van der Waals surface area contributed by atoms with Crippen LogP contribution in [-0.4, -0.2) is 24.1 Å². The standard InChI is InChI=1S/C11H23NS/c1-9(2)13-8-11(12-3)7-10-5-4-6-10/h9-12H,4-8H2,1-3H3. The summed E-state index contributed by atoms with van der Waals surface area (Å²) in [5.74, 6) is 2.32. The van der Waals surface area contributed by atoms with Crippen LogP contribution in [0, 0.1) is 5.92 Å². The highest BCUT2D eigenvalue weighted by Crippen LogP contribution is 2.31. The van der Waals surface area contributed by atoms with Crippen LogP contribution in [-0.2, 0) is 0 Å². The zero-order valence-corrected chi connectivity index (χ0v) is 9.99. The molecule has 0 aliphatic heterocycles. The van der Waals surface area contributed by atoms with Crippen LogP contribution in [0.2, 0.25) is 0 Å². The topological polar surface area (TPSA) is 12.0 Å². The van der Waals surface area contributed by atoms with E-state index in [1.165, 1.54) is 31.4 Å². The van der Waals surface area contributed by atoms with E-state index in [1.807, 2.05) is 0 Å². The summed E-state index contributed by atoms with van der Waals surface area (Å²) in [6.07, 6.45) is 5.82. The summed E-state index contributed by atoms with van der Waals surface area (Å²) in [7, 11) is 2.10. The molecule has 78 valence electrons. The van der Waals surface area contributed by atoms with Gasteiger partial charge in [0, 0.05) is 11.8 Å². The van der Waals surface area contributed by atoms with Gasteiger partial charge in [0.05, 0.1) is 0 Å². The van der Waals surface area contributed by atoms with Crippen molar-refractivity contribution in [2.24, 2.45) is 5.92 Å². The van der Waals surface area contributed by atoms with Gasteiger partial charge >= 0.3 is 0 Å². The van der Waals surface area contributed by atoms with Crippen LogP contribution in [0.3, 0.4) is 0 Å². The molecule has 0 spiro atoms. The van der Waals surface area contributed by atoms with Crippen molar-refractivity contribution in [3.8, 4) is 0 Å². The number of hydrogen-bond acceptors (Lipinski definition) is 2. The minimum Gasteiger partial charge on any atom is -0.316 e. The Bertz CT molecular complexity index is 132. The molecule has 1 nitrogen and oxygen atoms in total. The lowest BCUT2D eigenvalue weighted by Gasteiger charge is -2.29. The molecule has 1 N–H and O–H groups in total. The Morgan fingerprint density at radius 2 is 2.08 bits per heavy atom. The van der Waals surface area contributed by atoms with E-state index >= 15 is 0 Å². The lowest BCUT2D eigenvalue weighted by Crippen LogP contribution is -2.32. The van der Waals surface area contributed by atoms with Crippen molar-refractivity contribution < 1.29 is 0 Å². The summed E-state index contributed by atoms with van der Waals surface area (Å²) < 4.78 is 0. The van der Waals surface area contributed by atoms with E-state index in [1.54, 1.807) is 0 Å². The first-order valence-electron chi connectivity index (χ1n) is 5.51. The molecule has 0 aromatic carbocycles. The SMILES string of the molecule is CNC(CSC(C)C)CC1CCC1. The molecule has 1 atom stereocenters. The Kier molecular flexibility index (Phi) is 5.18. The van der Waals surface area contributed by atoms with E-state index in [0.29, 0.717) is 0 Å². The van der Waals surface area contributed by atoms with E-state index < -0.39 is 0 Å². The Morgan fingerprint density at radius 3 is 2.46 bits per heavy atom. The maximum absolute atomic E-state index is 3.44. The van der Waals surface area contributed by atoms with E-state index in [0.717, 1.165) is 17.2 Å². The van der Waals surface area contributed by atoms with Crippen molar-refractivity contribution >= 4 is 11.8 Å². The third kappa shape index (κ3) is 4.37. The summed E-state index contributed by atoms with van der Waals surface area (Å²) in [6, 6.07) is 0.748. The van der Waals surface area contributed by atoms with Gasteiger partial charge in [0.25, 0.3) is 0 Å². The maximum atomic E-state index is 3.44. The second-order valence-electron chi connectivity index (χ2n) is 4.40. The van der Waals surface area contributed by atoms with Gasteiger partial charge in [0.1, 0.15) is 0 Å². The van der Waals surface area contributed by atoms with Gasteiger partial charge in [-0.25, -0.2) is 0 Å². The number of thioether (sulfide) groups is 1. The second kappa shape index (κ2) is 5.92. The maximum Gasteiger partial charge on any atom is 0.0157 e. The largest absolute Gasteiger partial charge is 0.316 e. The van der Waals surface area contributed by atoms with Gasteiger partial charge in [0.15, 0.2) is 0 Å². The lowest BCUT2D eigenvalue weighted by atomic mass is 9.81. The lowest BCUT2D eigenvalue weighted by molar-refractivity contribution is 0.272. The smallest absolute Gasteiger partial charge is 0.0157 e. The van der Waals surface area contributed by atoms with Crippen molar-refractivity contribution in [3.63, 3.8) is 0 Å². The fourth-order valence-corrected chi connectivity index (χ4v) is 2.63. The van der Waals surface area contributed by atoms with Crippen LogP contribution in [0.5, 0.6) is 0 Å². The van der Waals surface area contributed by atoms with Crippen LogP contribution in [0.1, 0.15) is 39.5 Å². The molecule has 1 saturated carbocycles. The molecule has 0 heterocycles. The Morgan fingerprint density at radius 1 is 1.38 bits per heavy atom. The number of rotatable bonds is 6. The molecular weight excluding hydrogens is 178 g/mol. The van der Waals surface area contributed by atoms with E-state index in [-0.39, 0.29) is 0 Å². The van der Waals surface area contributed by atoms with Gasteiger partial charge in [-0.2, -0.15) is 11.8 Å². The average molecular weight is 201 g/mol. The average Bonchev–Trinajstić information content (AvgIpc) is 2.01. The molecule has 1 aliphatic carbocycles. The van der Waals surface area contributed by atoms with Crippen molar-refractivity contribution in [2.75, 3.05) is 12.8 Å². The molecular formula is C11H23NS. The van der Waals surface area contributed by atoms with Gasteiger partial charge in [-0.3, -0.25) is 0 Å². The van der Waals surface area contributed by atoms with Crippen molar-refractivity contribution in [2.45, 2.75) is 50.8 Å². The molecule has 0 aromatic heterocycles. The summed E-state index contributed by atoms with van der Waals surface area (Å²) in [6.45, 7) is 4.56. The van der Waals surface area contributed by atoms with Gasteiger partial charge in [-0.05, 0) is 24.6 Å². The minimum absolute atomic E-state index is 0.748. The molecule has 13 heavy (non-hydrogen) atoms. The first-order valence-corrected chi connectivity index (χ1v) is 6.56. The van der Waals surface area contributed by atoms with E-state index in [9.17, 15) is 0 Å². The van der Waals surface area contributed by atoms with Crippen LogP contribution in [0.4, 0.5) is 0 Å². The summed E-state index contributed by atoms with van der Waals surface area (Å²) in [5, 5.41) is 4.21. The quantitative estimate of drug-likeness (QED) is 0.709. The molecule has 1 aliphatic rings. The van der Waals surface area contributed by atoms with Crippen LogP contribution in [0.25, 0.3) is 0 Å². The Hall–Kier alpha value is 0.310. The molecule has 1 rings (SSSR count). The predicted octanol–water partition coefficient (Wildman–Crippen LogP) is 2.91. The highest BCUT2D eigenvalue weighted by molar-refractivity contribution is 7.99. The predicted molar refractivity (Wildman–Crippen MR) is 62.4 cm³/mol. The number of nitrogens with one attached hydrogen (secondary N) is 1. The fourth-order valence-electron chi connectivity index (χ4n) is 1.71. The zero-order valence-electron chi connectivity index (χ0n) is 9.18. The summed E-state index contributed by atoms with van der Waals surface area (Å²) in [5.41, 5.74) is 0. The highest BCUT2D eigenvalue weighted by atomic mass is 32.2. The second-order valence-corrected chi connectivity index (χ2v) is 6.01. The van der Waals surface area contributed by atoms with Crippen LogP contribution in [0.15, 0.2) is 0 Å². The molecule has 1 unspecified atom stereocenters. The summed E-state index contributed by atoms with van der Waals surface area (Å²) >= 11 is 2.08. The van der Waals surface area contributed by atoms with Crippen LogP contribution < -0.4 is 5.32 Å². The number of hydrogen-bond donors (Lipinski definition) is 1. The third-order valence-electron chi connectivity index (χ3n) is 2.88. The highest BCUT2D eigenvalue weighted by Gasteiger charge is 2.21. The molecule has 0 saturated heterocycles. The minimum atomic E-state index is 0.748.